The third-order valence-corrected chi connectivity index (χ3v) is 21.8. The van der Waals surface area contributed by atoms with Crippen LogP contribution in [0.5, 0.6) is 0 Å². The number of nitrogens with one attached hydrogen (secondary N) is 2. The van der Waals surface area contributed by atoms with Crippen molar-refractivity contribution in [2.24, 2.45) is 7.05 Å². The summed E-state index contributed by atoms with van der Waals surface area (Å²) in [7, 11) is -21.0. The lowest BCUT2D eigenvalue weighted by atomic mass is 10.1. The number of imidazole rings is 4. The summed E-state index contributed by atoms with van der Waals surface area (Å²) >= 11 is 5.30. The fraction of sp³-hybridized carbons (Fsp3) is 0.524. The van der Waals surface area contributed by atoms with Crippen LogP contribution >= 0.6 is 38.0 Å². The van der Waals surface area contributed by atoms with E-state index in [9.17, 15) is 77.8 Å². The number of nitrogen functional groups attached to an aromatic ring is 3. The molecule has 0 amide bonds. The predicted octanol–water partition coefficient (Wildman–Crippen LogP) is -5.63. The monoisotopic (exact) mass is 1480 g/mol. The first-order valence-electron chi connectivity index (χ1n) is 27.3. The van der Waals surface area contributed by atoms with E-state index in [0.29, 0.717) is 5.52 Å². The van der Waals surface area contributed by atoms with Gasteiger partial charge < -0.3 is 99.9 Å². The predicted molar refractivity (Wildman–Crippen MR) is 309 cm³/mol. The maximum atomic E-state index is 14.6. The zero-order valence-corrected chi connectivity index (χ0v) is 53.7. The number of aromatic amines is 2. The summed E-state index contributed by atoms with van der Waals surface area (Å²) in [6.07, 6.45) is -20.0. The number of nitrogens with two attached hydrogens (primary N) is 3. The Balaban J connectivity index is 0.741. The topological polar surface area (TPSA) is 677 Å². The van der Waals surface area contributed by atoms with E-state index in [4.69, 9.17) is 79.8 Å². The smallest absolute Gasteiger partial charge is 0.490 e. The molecule has 96 heavy (non-hydrogen) atoms. The lowest BCUT2D eigenvalue weighted by molar-refractivity contribution is -0.646. The molecule has 4 aliphatic rings. The van der Waals surface area contributed by atoms with Gasteiger partial charge in [0.05, 0.1) is 58.7 Å². The number of nitrogens with zero attached hydrogens (tertiary/aromatic N) is 14. The number of H-pyrrole nitrogens is 2. The van der Waals surface area contributed by atoms with Crippen LogP contribution in [0.3, 0.4) is 0 Å². The number of phosphoric acid groups is 4. The van der Waals surface area contributed by atoms with E-state index in [2.05, 4.69) is 63.4 Å². The Bertz CT molecular complexity index is 4640. The molecule has 12 rings (SSSR count). The second-order valence-electron chi connectivity index (χ2n) is 21.2. The average molecular weight is 1480 g/mol. The molecule has 0 bridgehead atoms. The first-order valence-corrected chi connectivity index (χ1v) is 35.8. The summed E-state index contributed by atoms with van der Waals surface area (Å²) in [5.74, 6) is -0.896. The fourth-order valence-corrected chi connectivity index (χ4v) is 16.7. The quantitative estimate of drug-likeness (QED) is 0.0187. The highest BCUT2D eigenvalue weighted by atomic mass is 32.5. The van der Waals surface area contributed by atoms with Crippen molar-refractivity contribution in [1.82, 2.24) is 73.1 Å². The van der Waals surface area contributed by atoms with E-state index < -0.39 is 180 Å². The van der Waals surface area contributed by atoms with E-state index in [1.807, 2.05) is 0 Å². The third kappa shape index (κ3) is 14.0. The van der Waals surface area contributed by atoms with Gasteiger partial charge in [0.25, 0.3) is 16.8 Å². The molecule has 0 aliphatic carbocycles. The highest BCUT2D eigenvalue weighted by Crippen LogP contribution is 2.68. The molecule has 4 fully saturated rings. The minimum absolute atomic E-state index is 0.00761. The number of hydrogen-bond acceptors (Lipinski definition) is 38. The zero-order chi connectivity index (χ0) is 68.9. The molecule has 522 valence electrons. The van der Waals surface area contributed by atoms with Gasteiger partial charge >= 0.3 is 31.3 Å². The van der Waals surface area contributed by atoms with Gasteiger partial charge in [-0.05, 0) is 0 Å². The number of anilines is 3. The highest BCUT2D eigenvalue weighted by Gasteiger charge is 2.55. The number of aliphatic hydroxyl groups excluding tert-OH is 5. The molecule has 54 heteroatoms. The molecule has 12 heterocycles. The molecule has 21 unspecified atom stereocenters. The van der Waals surface area contributed by atoms with Gasteiger partial charge in [-0.15, -0.1) is 0 Å². The van der Waals surface area contributed by atoms with Gasteiger partial charge in [0.15, 0.2) is 52.5 Å². The van der Waals surface area contributed by atoms with E-state index in [1.54, 1.807) is 11.6 Å². The van der Waals surface area contributed by atoms with Crippen LogP contribution in [0.4, 0.5) is 17.7 Å². The number of ether oxygens (including phenoxy) is 5. The number of aliphatic hydroxyl groups is 5. The maximum absolute atomic E-state index is 14.6. The molecule has 0 radical (unpaired) electrons. The second kappa shape index (κ2) is 26.5. The minimum atomic E-state index is -6.25. The summed E-state index contributed by atoms with van der Waals surface area (Å²) < 4.78 is 129. The Hall–Kier alpha value is -6.15. The third-order valence-electron chi connectivity index (χ3n) is 15.0. The SMILES string of the molecule is COC1C(OP([O-])(=S)OCC2OC(n3cnc4c(=O)[nH]c(N)nc43)C(O)C2OP(=O)(O)OCC2OC(n3cnc4c(=O)[nH]c(N)nc43)C(O)C2O)C(COP(=O)(O)OP(=O)(O)OP(=O)(O)OCC2OC(n3c[n+](C)c4cncnc43)C(O)C2O)OC1n1cnc2c(N)ncnc21. The summed E-state index contributed by atoms with van der Waals surface area (Å²) in [5, 5.41) is 55.4. The number of aryl methyl sites for hydroxylation is 1. The van der Waals surface area contributed by atoms with E-state index in [-0.39, 0.29) is 50.9 Å². The molecule has 8 aromatic rings. The van der Waals surface area contributed by atoms with E-state index in [0.717, 1.165) is 41.6 Å². The highest BCUT2D eigenvalue weighted by molar-refractivity contribution is 8.06. The van der Waals surface area contributed by atoms with Crippen molar-refractivity contribution in [2.45, 2.75) is 98.2 Å². The largest absolute Gasteiger partial charge is 0.780 e. The Labute approximate surface area is 536 Å². The molecule has 0 aromatic carbocycles. The van der Waals surface area contributed by atoms with E-state index in [1.165, 1.54) is 28.0 Å². The van der Waals surface area contributed by atoms with Crippen LogP contribution in [0.15, 0.2) is 53.7 Å². The molecule has 48 nitrogen and oxygen atoms in total. The van der Waals surface area contributed by atoms with Crippen molar-refractivity contribution >= 4 is 112 Å². The fourth-order valence-electron chi connectivity index (χ4n) is 10.8. The Kier molecular flexibility index (Phi) is 19.3. The van der Waals surface area contributed by atoms with Gasteiger partial charge in [0.1, 0.15) is 98.1 Å². The molecule has 21 atom stereocenters. The Morgan fingerprint density at radius 3 is 1.60 bits per heavy atom. The van der Waals surface area contributed by atoms with Crippen LogP contribution < -0.4 is 37.8 Å². The lowest BCUT2D eigenvalue weighted by Crippen LogP contribution is -2.39. The first-order chi connectivity index (χ1) is 45.2. The summed E-state index contributed by atoms with van der Waals surface area (Å²) in [6, 6.07) is 0. The van der Waals surface area contributed by atoms with E-state index >= 15 is 0 Å². The van der Waals surface area contributed by atoms with Gasteiger partial charge in [-0.25, -0.2) is 52.7 Å². The number of methoxy groups -OCH3 is 1. The maximum Gasteiger partial charge on any atom is 0.490 e. The van der Waals surface area contributed by atoms with Crippen LogP contribution in [0.2, 0.25) is 0 Å². The Morgan fingerprint density at radius 1 is 0.562 bits per heavy atom. The molecule has 0 saturated carbocycles. The summed E-state index contributed by atoms with van der Waals surface area (Å²) in [4.78, 5) is 123. The van der Waals surface area contributed by atoms with Gasteiger partial charge in [-0.1, -0.05) is 11.8 Å². The molecule has 0 spiro atoms. The Morgan fingerprint density at radius 2 is 1.03 bits per heavy atom. The van der Waals surface area contributed by atoms with Gasteiger partial charge in [0, 0.05) is 7.11 Å². The zero-order valence-electron chi connectivity index (χ0n) is 48.4. The normalized spacial score (nSPS) is 31.1. The van der Waals surface area contributed by atoms with Crippen molar-refractivity contribution in [2.75, 3.05) is 50.7 Å². The lowest BCUT2D eigenvalue weighted by Gasteiger charge is -2.35. The summed E-state index contributed by atoms with van der Waals surface area (Å²) in [6.45, 7) is -9.79. The van der Waals surface area contributed by atoms with Crippen LogP contribution in [0, 0.1) is 0 Å². The molecule has 4 saturated heterocycles. The van der Waals surface area contributed by atoms with Crippen LogP contribution in [-0.4, -0.2) is 225 Å². The minimum Gasteiger partial charge on any atom is -0.780 e. The molecular formula is C42H54N19O29P5S. The van der Waals surface area contributed by atoms with Crippen LogP contribution in [0.25, 0.3) is 44.7 Å². The van der Waals surface area contributed by atoms with Gasteiger partial charge in [-0.3, -0.25) is 51.4 Å². The van der Waals surface area contributed by atoms with Crippen molar-refractivity contribution in [3.05, 3.63) is 64.9 Å². The first kappa shape index (κ1) is 69.7. The van der Waals surface area contributed by atoms with Gasteiger partial charge in [-0.2, -0.15) is 28.1 Å². The van der Waals surface area contributed by atoms with Gasteiger partial charge in [0.2, 0.25) is 30.0 Å². The van der Waals surface area contributed by atoms with Crippen LogP contribution in [-0.2, 0) is 96.6 Å². The number of fused-ring (bicyclic) bond motifs is 4. The molecule has 4 aliphatic heterocycles. The number of hydrogen-bond donors (Lipinski definition) is 14. The second-order valence-corrected chi connectivity index (χ2v) is 30.0. The van der Waals surface area contributed by atoms with Crippen molar-refractivity contribution in [3.63, 3.8) is 0 Å². The van der Waals surface area contributed by atoms with Crippen molar-refractivity contribution < 1.29 is 132 Å². The number of phosphoric ester groups is 3. The number of aromatic nitrogens is 16. The summed E-state index contributed by atoms with van der Waals surface area (Å²) in [5.41, 5.74) is 15.5. The molecular weight excluding hydrogens is 1420 g/mol. The number of rotatable bonds is 25. The standard InChI is InChI=1S/C42H54N19O29P5S/c1-57-13-61(31-14(57)3-46-8-48-31)38-25(65)23(63)16(84-38)5-80-92(71,72)89-94(75,76)90-93(73,74)81-6-18-28(29(78-2)40(86-18)58-10-50-19-30(43)47-9-49-32(19)58)88-95(77,96)82-7-17-27(26(66)39(85-17)60-12-52-21-34(60)54-42(45)56-36(21)68)87-91(69,70)79-4-15-22(62)24(64)37(83-15)59-11-51-20-33(59)53-41(44)55-35(20)67/h3,8-13,15-18,22-29,37-40,62-66H,4-7H2,1-2H3,(H12-,43,44,45,47,49,53,54,55,56,67,68,69,70,71,72,73,74,75,76,77,96). The van der Waals surface area contributed by atoms with Crippen molar-refractivity contribution in [1.29, 1.82) is 0 Å². The average Bonchev–Trinajstić information content (AvgIpc) is 1.63. The molecule has 8 aromatic heterocycles. The molecule has 17 N–H and O–H groups in total. The van der Waals surface area contributed by atoms with Crippen molar-refractivity contribution in [3.8, 4) is 0 Å². The van der Waals surface area contributed by atoms with Crippen LogP contribution in [0.1, 0.15) is 24.9 Å².